The monoisotopic (exact) mass is 504 g/mol. The molecule has 0 saturated heterocycles. The first-order valence-corrected chi connectivity index (χ1v) is 14.1. The van der Waals surface area contributed by atoms with E-state index in [9.17, 15) is 0 Å². The molecule has 0 N–H and O–H groups in total. The van der Waals surface area contributed by atoms with Crippen molar-refractivity contribution >= 4 is 10.8 Å². The van der Waals surface area contributed by atoms with Crippen molar-refractivity contribution in [3.63, 3.8) is 0 Å². The zero-order valence-electron chi connectivity index (χ0n) is 16.5. The maximum atomic E-state index is 4.86. The van der Waals surface area contributed by atoms with Gasteiger partial charge in [-0.1, -0.05) is 0 Å². The zero-order chi connectivity index (χ0) is 18.7. The van der Waals surface area contributed by atoms with Crippen molar-refractivity contribution < 1.29 is 46.1 Å². The van der Waals surface area contributed by atoms with Gasteiger partial charge in [-0.3, -0.25) is 0 Å². The van der Waals surface area contributed by atoms with Gasteiger partial charge in [0.15, 0.2) is 0 Å². The van der Waals surface area contributed by atoms with Crippen LogP contribution in [0.4, 0.5) is 0 Å². The van der Waals surface area contributed by atoms with Gasteiger partial charge in [-0.2, -0.15) is 0 Å². The van der Waals surface area contributed by atoms with Gasteiger partial charge in [-0.25, -0.2) is 0 Å². The smallest absolute Gasteiger partial charge is 1.00 e. The summed E-state index contributed by atoms with van der Waals surface area (Å²) >= 11 is -2.21. The third-order valence-corrected chi connectivity index (χ3v) is 11.9. The first-order chi connectivity index (χ1) is 13.8. The number of halogens is 2. The van der Waals surface area contributed by atoms with Gasteiger partial charge in [0.25, 0.3) is 0 Å². The Kier molecular flexibility index (Phi) is 6.00. The van der Waals surface area contributed by atoms with E-state index in [0.29, 0.717) is 0 Å². The largest absolute Gasteiger partial charge is 1.00 e. The molecule has 0 aromatic heterocycles. The average Bonchev–Trinajstić information content (AvgIpc) is 3.31. The summed E-state index contributed by atoms with van der Waals surface area (Å²) in [7, 11) is 0. The molecule has 0 heterocycles. The minimum Gasteiger partial charge on any atom is -1.00 e. The Hall–Kier alpha value is -1.79. The fourth-order valence-electron chi connectivity index (χ4n) is 5.03. The van der Waals surface area contributed by atoms with Crippen molar-refractivity contribution in [2.45, 2.75) is 12.8 Å². The average molecular weight is 507 g/mol. The van der Waals surface area contributed by atoms with E-state index >= 15 is 0 Å². The van der Waals surface area contributed by atoms with Gasteiger partial charge in [0.05, 0.1) is 0 Å². The normalized spacial score (nSPS) is 11.7. The number of hydrogen-bond donors (Lipinski definition) is 0. The summed E-state index contributed by atoms with van der Waals surface area (Å²) < 4.78 is 8.00. The van der Waals surface area contributed by atoms with Crippen molar-refractivity contribution in [1.29, 1.82) is 0 Å². The predicted octanol–water partition coefficient (Wildman–Crippen LogP) is -1.16. The molecule has 146 valence electrons. The number of rotatable bonds is 2. The molecule has 0 nitrogen and oxygen atoms in total. The summed E-state index contributed by atoms with van der Waals surface area (Å²) in [5.41, 5.74) is 11.7. The molecule has 4 aromatic rings. The molecule has 4 aromatic carbocycles. The van der Waals surface area contributed by atoms with Gasteiger partial charge in [0.1, 0.15) is 0 Å². The standard InChI is InChI=1S/2C13H9.CH2.2ClH.Zr/c2*1-3-7-12-10(5-1)9-11-6-2-4-8-13(11)12;;;;/h2*1-5,7-8H,9H2;1H2;2*1H;/q;;;;;+2/p-2. The molecule has 0 unspecified atom stereocenters. The van der Waals surface area contributed by atoms with Gasteiger partial charge in [0.2, 0.25) is 0 Å². The number of fused-ring (bicyclic) bond motifs is 6. The minimum absolute atomic E-state index is 0. The molecule has 0 fully saturated rings. The van der Waals surface area contributed by atoms with Gasteiger partial charge >= 0.3 is 174 Å². The minimum atomic E-state index is -2.21. The third-order valence-electron chi connectivity index (χ3n) is 6.35. The molecule has 0 radical (unpaired) electrons. The molecule has 0 spiro atoms. The molecule has 0 amide bonds. The van der Waals surface area contributed by atoms with E-state index in [0.717, 1.165) is 12.8 Å². The number of benzene rings is 4. The second-order valence-electron chi connectivity index (χ2n) is 7.81. The second-order valence-corrected chi connectivity index (χ2v) is 12.8. The molecule has 0 aliphatic heterocycles. The molecule has 6 rings (SSSR count). The molecule has 3 heteroatoms. The van der Waals surface area contributed by atoms with Crippen LogP contribution < -0.4 is 31.4 Å². The van der Waals surface area contributed by atoms with E-state index in [1.54, 1.807) is 17.7 Å². The Labute approximate surface area is 198 Å². The van der Waals surface area contributed by atoms with Crippen LogP contribution in [0.1, 0.15) is 22.3 Å². The van der Waals surface area contributed by atoms with E-state index < -0.39 is 21.3 Å². The van der Waals surface area contributed by atoms with E-state index in [-0.39, 0.29) is 24.8 Å². The van der Waals surface area contributed by atoms with Crippen molar-refractivity contribution in [2.24, 2.45) is 0 Å². The molecule has 0 bridgehead atoms. The van der Waals surface area contributed by atoms with Gasteiger partial charge in [-0.15, -0.1) is 0 Å². The topological polar surface area (TPSA) is 0 Å². The van der Waals surface area contributed by atoms with Crippen LogP contribution in [-0.4, -0.2) is 4.21 Å². The van der Waals surface area contributed by atoms with Crippen molar-refractivity contribution in [2.75, 3.05) is 0 Å². The summed E-state index contributed by atoms with van der Waals surface area (Å²) in [5.74, 6) is 0. The van der Waals surface area contributed by atoms with E-state index in [1.807, 2.05) is 0 Å². The summed E-state index contributed by atoms with van der Waals surface area (Å²) in [5, 5.41) is 0. The summed E-state index contributed by atoms with van der Waals surface area (Å²) in [6.07, 6.45) is 2.13. The van der Waals surface area contributed by atoms with Crippen LogP contribution >= 0.6 is 0 Å². The molecule has 30 heavy (non-hydrogen) atoms. The van der Waals surface area contributed by atoms with Crippen LogP contribution in [-0.2, 0) is 34.1 Å². The quantitative estimate of drug-likeness (QED) is 0.278. The maximum Gasteiger partial charge on any atom is -1.00 e. The molecular weight excluding hydrogens is 486 g/mol. The van der Waals surface area contributed by atoms with E-state index in [4.69, 9.17) is 4.21 Å². The van der Waals surface area contributed by atoms with Crippen LogP contribution in [0.15, 0.2) is 84.9 Å². The van der Waals surface area contributed by atoms with Crippen LogP contribution in [0.2, 0.25) is 0 Å². The Morgan fingerprint density at radius 2 is 0.900 bits per heavy atom. The van der Waals surface area contributed by atoms with E-state index in [2.05, 4.69) is 84.9 Å². The number of hydrogen-bond acceptors (Lipinski definition) is 0. The van der Waals surface area contributed by atoms with Gasteiger partial charge in [0, 0.05) is 0 Å². The van der Waals surface area contributed by atoms with Gasteiger partial charge < -0.3 is 24.8 Å². The Morgan fingerprint density at radius 3 is 1.37 bits per heavy atom. The first-order valence-electron chi connectivity index (χ1n) is 9.91. The molecule has 0 saturated carbocycles. The van der Waals surface area contributed by atoms with Crippen LogP contribution in [0, 0.1) is 0 Å². The SMILES string of the molecule is [CH2]=[Zr+2]([c]1cccc2c1Cc1ccccc1-2)[c]1cccc2c1Cc1ccccc1-2.[Cl-].[Cl-]. The van der Waals surface area contributed by atoms with E-state index in [1.165, 1.54) is 33.4 Å². The van der Waals surface area contributed by atoms with Crippen molar-refractivity contribution in [1.82, 2.24) is 0 Å². The predicted molar refractivity (Wildman–Crippen MR) is 116 cm³/mol. The van der Waals surface area contributed by atoms with Crippen LogP contribution in [0.3, 0.4) is 0 Å². The third kappa shape index (κ3) is 3.20. The summed E-state index contributed by atoms with van der Waals surface area (Å²) in [6, 6.07) is 31.6. The molecular formula is C27H20Cl2Zr. The van der Waals surface area contributed by atoms with Crippen LogP contribution in [0.5, 0.6) is 0 Å². The molecule has 2 aliphatic carbocycles. The fourth-order valence-corrected chi connectivity index (χ4v) is 10.1. The van der Waals surface area contributed by atoms with Crippen molar-refractivity contribution in [3.8, 4) is 22.3 Å². The second kappa shape index (κ2) is 8.39. The maximum absolute atomic E-state index is 4.86. The summed E-state index contributed by atoms with van der Waals surface area (Å²) in [4.78, 5) is 0. The summed E-state index contributed by atoms with van der Waals surface area (Å²) in [6.45, 7) is 0. The zero-order valence-corrected chi connectivity index (χ0v) is 20.4. The van der Waals surface area contributed by atoms with Crippen molar-refractivity contribution in [3.05, 3.63) is 107 Å². The molecule has 2 aliphatic rings. The first kappa shape index (κ1) is 21.4. The van der Waals surface area contributed by atoms with Gasteiger partial charge in [-0.05, 0) is 0 Å². The Morgan fingerprint density at radius 1 is 0.500 bits per heavy atom. The van der Waals surface area contributed by atoms with Crippen LogP contribution in [0.25, 0.3) is 22.3 Å². The molecule has 0 atom stereocenters. The Balaban J connectivity index is 0.00000109. The fraction of sp³-hybridized carbons (Fsp3) is 0.0741. The Bertz CT molecular complexity index is 1190.